The summed E-state index contributed by atoms with van der Waals surface area (Å²) in [4.78, 5) is 18.6. The first kappa shape index (κ1) is 20.4. The summed E-state index contributed by atoms with van der Waals surface area (Å²) in [5, 5.41) is 4.70. The number of aryl methyl sites for hydroxylation is 1. The molecule has 0 spiro atoms. The van der Waals surface area contributed by atoms with Gasteiger partial charge in [0.05, 0.1) is 24.7 Å². The van der Waals surface area contributed by atoms with Crippen LogP contribution in [0.1, 0.15) is 28.0 Å². The molecule has 1 N–H and O–H groups in total. The van der Waals surface area contributed by atoms with Crippen molar-refractivity contribution >= 4 is 39.3 Å². The number of nitrogens with one attached hydrogen (secondary N) is 1. The van der Waals surface area contributed by atoms with E-state index in [1.165, 1.54) is 16.0 Å². The summed E-state index contributed by atoms with van der Waals surface area (Å²) in [6.45, 7) is 4.94. The van der Waals surface area contributed by atoms with Gasteiger partial charge in [-0.25, -0.2) is 9.97 Å². The van der Waals surface area contributed by atoms with Crippen molar-refractivity contribution in [1.29, 1.82) is 0 Å². The lowest BCUT2D eigenvalue weighted by molar-refractivity contribution is 0.250. The van der Waals surface area contributed by atoms with E-state index >= 15 is 0 Å². The Morgan fingerprint density at radius 2 is 2.06 bits per heavy atom. The molecular formula is C25H26N6OS. The average Bonchev–Trinajstić information content (AvgIpc) is 3.58. The van der Waals surface area contributed by atoms with E-state index < -0.39 is 0 Å². The van der Waals surface area contributed by atoms with Crippen LogP contribution in [0.4, 0.5) is 11.5 Å². The molecule has 7 nitrogen and oxygen atoms in total. The average molecular weight is 459 g/mol. The summed E-state index contributed by atoms with van der Waals surface area (Å²) in [5.41, 5.74) is 4.62. The smallest absolute Gasteiger partial charge is 0.142 e. The second-order valence-electron chi connectivity index (χ2n) is 8.55. The fourth-order valence-corrected chi connectivity index (χ4v) is 6.02. The lowest BCUT2D eigenvalue weighted by Crippen LogP contribution is -2.31. The van der Waals surface area contributed by atoms with Crippen LogP contribution in [0.25, 0.3) is 10.2 Å². The molecule has 3 aromatic heterocycles. The van der Waals surface area contributed by atoms with Crippen LogP contribution in [-0.2, 0) is 26.1 Å². The second kappa shape index (κ2) is 8.61. The molecule has 0 saturated carbocycles. The number of benzene rings is 1. The molecular weight excluding hydrogens is 432 g/mol. The first-order valence-corrected chi connectivity index (χ1v) is 12.2. The summed E-state index contributed by atoms with van der Waals surface area (Å²) >= 11 is 1.80. The predicted octanol–water partition coefficient (Wildman–Crippen LogP) is 4.63. The zero-order chi connectivity index (χ0) is 22.2. The number of aliphatic imine (C=N–C) groups is 1. The molecule has 0 amide bonds. The number of hydrogen-bond donors (Lipinski definition) is 1. The summed E-state index contributed by atoms with van der Waals surface area (Å²) < 4.78 is 7.91. The quantitative estimate of drug-likeness (QED) is 0.438. The molecule has 0 unspecified atom stereocenters. The van der Waals surface area contributed by atoms with E-state index in [0.29, 0.717) is 6.54 Å². The normalized spacial score (nSPS) is 15.1. The van der Waals surface area contributed by atoms with Crippen LogP contribution in [0.3, 0.4) is 0 Å². The van der Waals surface area contributed by atoms with E-state index in [2.05, 4.69) is 66.4 Å². The largest absolute Gasteiger partial charge is 0.495 e. The zero-order valence-corrected chi connectivity index (χ0v) is 19.4. The minimum Gasteiger partial charge on any atom is -0.495 e. The number of fused-ring (bicyclic) bond motifs is 4. The standard InChI is InChI=1S/C25H26N6OS/c1-32-21-12-18-14-26-13-17(18)11-20(21)29-24-23-19-5-10-31(9-4-8-30-6-2-3-7-30)15-22(19)33-25(23)28-16-27-24/h2-3,6-7,11-13,16H,4-5,8-10,14-15H2,1H3,(H,27,28,29). The number of hydrogen-bond acceptors (Lipinski definition) is 7. The summed E-state index contributed by atoms with van der Waals surface area (Å²) in [6, 6.07) is 8.34. The fourth-order valence-electron chi connectivity index (χ4n) is 4.79. The van der Waals surface area contributed by atoms with E-state index in [-0.39, 0.29) is 0 Å². The van der Waals surface area contributed by atoms with Crippen LogP contribution in [-0.4, -0.2) is 45.8 Å². The van der Waals surface area contributed by atoms with Crippen molar-refractivity contribution in [3.8, 4) is 5.75 Å². The third kappa shape index (κ3) is 3.89. The van der Waals surface area contributed by atoms with Crippen LogP contribution >= 0.6 is 11.3 Å². The molecule has 2 aliphatic heterocycles. The maximum atomic E-state index is 5.66. The van der Waals surface area contributed by atoms with Gasteiger partial charge in [-0.15, -0.1) is 11.3 Å². The van der Waals surface area contributed by atoms with Gasteiger partial charge in [-0.2, -0.15) is 0 Å². The highest BCUT2D eigenvalue weighted by molar-refractivity contribution is 7.19. The number of ether oxygens (including phenoxy) is 1. The van der Waals surface area contributed by atoms with Crippen LogP contribution in [0, 0.1) is 0 Å². The van der Waals surface area contributed by atoms with Gasteiger partial charge in [-0.1, -0.05) is 0 Å². The molecule has 0 aliphatic carbocycles. The van der Waals surface area contributed by atoms with E-state index in [9.17, 15) is 0 Å². The van der Waals surface area contributed by atoms with Gasteiger partial charge in [0.2, 0.25) is 0 Å². The molecule has 6 rings (SSSR count). The third-order valence-corrected chi connectivity index (χ3v) is 7.60. The molecule has 0 atom stereocenters. The van der Waals surface area contributed by atoms with Crippen LogP contribution in [0.15, 0.2) is 48.0 Å². The minimum atomic E-state index is 0.712. The molecule has 0 saturated heterocycles. The van der Waals surface area contributed by atoms with Crippen molar-refractivity contribution in [3.05, 3.63) is 64.6 Å². The van der Waals surface area contributed by atoms with E-state index in [1.807, 2.05) is 6.21 Å². The maximum Gasteiger partial charge on any atom is 0.142 e. The van der Waals surface area contributed by atoms with Gasteiger partial charge in [0, 0.05) is 49.7 Å². The molecule has 8 heteroatoms. The number of methoxy groups -OCH3 is 1. The van der Waals surface area contributed by atoms with Gasteiger partial charge in [-0.05, 0) is 53.8 Å². The van der Waals surface area contributed by atoms with Crippen molar-refractivity contribution in [2.75, 3.05) is 25.5 Å². The highest BCUT2D eigenvalue weighted by Crippen LogP contribution is 2.39. The van der Waals surface area contributed by atoms with Gasteiger partial charge < -0.3 is 14.6 Å². The Morgan fingerprint density at radius 3 is 2.94 bits per heavy atom. The van der Waals surface area contributed by atoms with Gasteiger partial charge in [0.25, 0.3) is 0 Å². The first-order valence-electron chi connectivity index (χ1n) is 11.3. The third-order valence-electron chi connectivity index (χ3n) is 6.48. The second-order valence-corrected chi connectivity index (χ2v) is 9.64. The Kier molecular flexibility index (Phi) is 5.32. The Bertz CT molecular complexity index is 1330. The molecule has 0 fully saturated rings. The van der Waals surface area contributed by atoms with Gasteiger partial charge in [0.15, 0.2) is 0 Å². The molecule has 168 valence electrons. The lowest BCUT2D eigenvalue weighted by Gasteiger charge is -2.27. The number of rotatable bonds is 7. The topological polar surface area (TPSA) is 67.6 Å². The lowest BCUT2D eigenvalue weighted by atomic mass is 10.0. The highest BCUT2D eigenvalue weighted by Gasteiger charge is 2.24. The zero-order valence-electron chi connectivity index (χ0n) is 18.6. The fraction of sp³-hybridized carbons (Fsp3) is 0.320. The molecule has 1 aromatic carbocycles. The van der Waals surface area contributed by atoms with Crippen LogP contribution in [0.2, 0.25) is 0 Å². The van der Waals surface area contributed by atoms with E-state index in [4.69, 9.17) is 4.74 Å². The Hall–Kier alpha value is -3.23. The van der Waals surface area contributed by atoms with E-state index in [1.54, 1.807) is 24.8 Å². The van der Waals surface area contributed by atoms with Gasteiger partial charge >= 0.3 is 0 Å². The SMILES string of the molecule is COc1cc2c(cc1Nc1ncnc3sc4c(c13)CCN(CCCn1cccc1)C4)C=NC2. The number of anilines is 2. The minimum absolute atomic E-state index is 0.712. The Balaban J connectivity index is 1.24. The molecule has 0 bridgehead atoms. The Labute approximate surface area is 196 Å². The maximum absolute atomic E-state index is 5.66. The molecule has 5 heterocycles. The summed E-state index contributed by atoms with van der Waals surface area (Å²) in [7, 11) is 1.70. The van der Waals surface area contributed by atoms with E-state index in [0.717, 1.165) is 72.1 Å². The first-order chi connectivity index (χ1) is 16.3. The van der Waals surface area contributed by atoms with Crippen molar-refractivity contribution in [3.63, 3.8) is 0 Å². The number of thiophene rings is 1. The Morgan fingerprint density at radius 1 is 1.15 bits per heavy atom. The number of nitrogens with zero attached hydrogens (tertiary/aromatic N) is 5. The van der Waals surface area contributed by atoms with Crippen LogP contribution in [0.5, 0.6) is 5.75 Å². The van der Waals surface area contributed by atoms with Gasteiger partial charge in [0.1, 0.15) is 22.7 Å². The van der Waals surface area contributed by atoms with Crippen molar-refractivity contribution in [2.45, 2.75) is 32.5 Å². The van der Waals surface area contributed by atoms with Crippen LogP contribution < -0.4 is 10.1 Å². The van der Waals surface area contributed by atoms with Gasteiger partial charge in [-0.3, -0.25) is 9.89 Å². The number of aromatic nitrogens is 3. The van der Waals surface area contributed by atoms with Crippen molar-refractivity contribution in [1.82, 2.24) is 19.4 Å². The monoisotopic (exact) mass is 458 g/mol. The molecule has 0 radical (unpaired) electrons. The summed E-state index contributed by atoms with van der Waals surface area (Å²) in [5.74, 6) is 1.66. The predicted molar refractivity (Wildman–Crippen MR) is 133 cm³/mol. The molecule has 33 heavy (non-hydrogen) atoms. The van der Waals surface area contributed by atoms with Crippen molar-refractivity contribution < 1.29 is 4.74 Å². The summed E-state index contributed by atoms with van der Waals surface area (Å²) in [6.07, 6.45) is 10.0. The highest BCUT2D eigenvalue weighted by atomic mass is 32.1. The molecule has 4 aromatic rings. The van der Waals surface area contributed by atoms with Crippen molar-refractivity contribution in [2.24, 2.45) is 4.99 Å². The molecule has 2 aliphatic rings.